The molecule has 0 saturated carbocycles. The van der Waals surface area contributed by atoms with Gasteiger partial charge in [0, 0.05) is 0 Å². The Bertz CT molecular complexity index is 158. The minimum atomic E-state index is 0.286. The van der Waals surface area contributed by atoms with Crippen molar-refractivity contribution in [1.29, 1.82) is 0 Å². The number of hydrogen-bond acceptors (Lipinski definition) is 2. The summed E-state index contributed by atoms with van der Waals surface area (Å²) in [5.41, 5.74) is 0. The summed E-state index contributed by atoms with van der Waals surface area (Å²) in [7, 11) is 0. The maximum absolute atomic E-state index is 5.41. The minimum absolute atomic E-state index is 0.286. The van der Waals surface area contributed by atoms with E-state index in [1.54, 1.807) is 6.92 Å². The molecule has 0 aromatic rings. The smallest absolute Gasteiger partial charge is 0.146 e. The molecule has 0 aliphatic rings. The lowest BCUT2D eigenvalue weighted by Gasteiger charge is -1.82. The highest BCUT2D eigenvalue weighted by molar-refractivity contribution is 9.18. The zero-order valence-electron chi connectivity index (χ0n) is 4.93. The predicted octanol–water partition coefficient (Wildman–Crippen LogP) is 2.54. The maximum Gasteiger partial charge on any atom is 0.146 e. The quantitative estimate of drug-likeness (QED) is 0.493. The first-order chi connectivity index (χ1) is 4.16. The lowest BCUT2D eigenvalue weighted by Crippen LogP contribution is -1.69. The van der Waals surface area contributed by atoms with Gasteiger partial charge in [-0.05, 0) is 29.6 Å². The molecule has 0 aromatic carbocycles. The van der Waals surface area contributed by atoms with Crippen LogP contribution in [-0.4, -0.2) is 11.3 Å². The number of nitrogens with zero attached hydrogens (tertiary/aromatic N) is 2. The van der Waals surface area contributed by atoms with Gasteiger partial charge in [0.05, 0.1) is 10.8 Å². The summed E-state index contributed by atoms with van der Waals surface area (Å²) < 4.78 is 0.754. The molecule has 0 aliphatic carbocycles. The average Bonchev–Trinajstić information content (AvgIpc) is 1.83. The van der Waals surface area contributed by atoms with E-state index in [4.69, 9.17) is 11.6 Å². The standard InChI is InChI=1S/C5H6BrClN2/c1-4(6)9-3-5(7)8-2/h3H,2H2,1H3/b5-3-,9-4+. The van der Waals surface area contributed by atoms with Crippen molar-refractivity contribution in [3.05, 3.63) is 11.4 Å². The summed E-state index contributed by atoms with van der Waals surface area (Å²) in [4.78, 5) is 7.21. The van der Waals surface area contributed by atoms with Crippen LogP contribution in [0.4, 0.5) is 0 Å². The molecule has 0 atom stereocenters. The van der Waals surface area contributed by atoms with Gasteiger partial charge in [0.1, 0.15) is 5.16 Å². The van der Waals surface area contributed by atoms with Crippen molar-refractivity contribution in [2.24, 2.45) is 9.98 Å². The van der Waals surface area contributed by atoms with Crippen LogP contribution in [0.1, 0.15) is 6.92 Å². The molecular weight excluding hydrogens is 203 g/mol. The Kier molecular flexibility index (Phi) is 4.62. The first-order valence-electron chi connectivity index (χ1n) is 2.19. The molecule has 0 amide bonds. The van der Waals surface area contributed by atoms with Gasteiger partial charge in [0.2, 0.25) is 0 Å². The van der Waals surface area contributed by atoms with E-state index < -0.39 is 0 Å². The van der Waals surface area contributed by atoms with E-state index in [9.17, 15) is 0 Å². The fourth-order valence-corrected chi connectivity index (χ4v) is 0.334. The van der Waals surface area contributed by atoms with Gasteiger partial charge in [0.15, 0.2) is 0 Å². The number of hydrogen-bond donors (Lipinski definition) is 0. The molecule has 4 heteroatoms. The molecule has 0 unspecified atom stereocenters. The molecule has 9 heavy (non-hydrogen) atoms. The summed E-state index contributed by atoms with van der Waals surface area (Å²) in [6.45, 7) is 5.00. The minimum Gasteiger partial charge on any atom is -0.251 e. The monoisotopic (exact) mass is 208 g/mol. The maximum atomic E-state index is 5.41. The largest absolute Gasteiger partial charge is 0.251 e. The van der Waals surface area contributed by atoms with Gasteiger partial charge < -0.3 is 0 Å². The zero-order chi connectivity index (χ0) is 7.28. The Balaban J connectivity index is 3.98. The second-order valence-electron chi connectivity index (χ2n) is 1.24. The molecule has 0 aliphatic heterocycles. The Morgan fingerprint density at radius 2 is 2.33 bits per heavy atom. The average molecular weight is 209 g/mol. The van der Waals surface area contributed by atoms with Crippen LogP contribution in [0.5, 0.6) is 0 Å². The highest BCUT2D eigenvalue weighted by atomic mass is 79.9. The predicted molar refractivity (Wildman–Crippen MR) is 45.5 cm³/mol. The topological polar surface area (TPSA) is 24.7 Å². The number of rotatable bonds is 2. The summed E-state index contributed by atoms with van der Waals surface area (Å²) in [6, 6.07) is 0. The highest BCUT2D eigenvalue weighted by Gasteiger charge is 1.80. The zero-order valence-corrected chi connectivity index (χ0v) is 7.28. The SMILES string of the molecule is C=N/C(Cl)=C\N=C(/C)Br. The van der Waals surface area contributed by atoms with Crippen LogP contribution < -0.4 is 0 Å². The van der Waals surface area contributed by atoms with Crippen molar-refractivity contribution in [2.45, 2.75) is 6.92 Å². The van der Waals surface area contributed by atoms with E-state index in [1.165, 1.54) is 6.20 Å². The van der Waals surface area contributed by atoms with Crippen molar-refractivity contribution in [1.82, 2.24) is 0 Å². The van der Waals surface area contributed by atoms with Gasteiger partial charge in [-0.2, -0.15) is 0 Å². The molecule has 2 nitrogen and oxygen atoms in total. The van der Waals surface area contributed by atoms with Gasteiger partial charge in [-0.25, -0.2) is 0 Å². The summed E-state index contributed by atoms with van der Waals surface area (Å²) >= 11 is 8.53. The van der Waals surface area contributed by atoms with Crippen LogP contribution in [0.3, 0.4) is 0 Å². The summed E-state index contributed by atoms with van der Waals surface area (Å²) in [5, 5.41) is 0.286. The van der Waals surface area contributed by atoms with E-state index in [0.29, 0.717) is 0 Å². The van der Waals surface area contributed by atoms with Gasteiger partial charge in [-0.1, -0.05) is 11.6 Å². The molecule has 0 radical (unpaired) electrons. The van der Waals surface area contributed by atoms with Gasteiger partial charge in [0.25, 0.3) is 0 Å². The second kappa shape index (κ2) is 4.70. The van der Waals surface area contributed by atoms with Crippen molar-refractivity contribution in [2.75, 3.05) is 0 Å². The van der Waals surface area contributed by atoms with E-state index in [-0.39, 0.29) is 5.16 Å². The van der Waals surface area contributed by atoms with Gasteiger partial charge >= 0.3 is 0 Å². The second-order valence-corrected chi connectivity index (χ2v) is 2.77. The van der Waals surface area contributed by atoms with Crippen LogP contribution >= 0.6 is 27.5 Å². The molecule has 0 rings (SSSR count). The first-order valence-corrected chi connectivity index (χ1v) is 3.36. The van der Waals surface area contributed by atoms with Gasteiger partial charge in [-0.3, -0.25) is 9.98 Å². The van der Waals surface area contributed by atoms with Crippen molar-refractivity contribution in [3.63, 3.8) is 0 Å². The fraction of sp³-hybridized carbons (Fsp3) is 0.200. The Labute approximate surface area is 67.5 Å². The van der Waals surface area contributed by atoms with Crippen LogP contribution in [0.2, 0.25) is 0 Å². The molecule has 0 saturated heterocycles. The van der Waals surface area contributed by atoms with E-state index in [2.05, 4.69) is 32.6 Å². The van der Waals surface area contributed by atoms with Crippen molar-refractivity contribution >= 4 is 38.9 Å². The molecule has 50 valence electrons. The highest BCUT2D eigenvalue weighted by Crippen LogP contribution is 2.01. The fourth-order valence-electron chi connectivity index (χ4n) is 0.183. The van der Waals surface area contributed by atoms with Crippen LogP contribution in [-0.2, 0) is 0 Å². The van der Waals surface area contributed by atoms with E-state index >= 15 is 0 Å². The van der Waals surface area contributed by atoms with E-state index in [1.807, 2.05) is 0 Å². The molecule has 0 N–H and O–H groups in total. The number of aliphatic imine (C=N–C) groups is 2. The van der Waals surface area contributed by atoms with Gasteiger partial charge in [-0.15, -0.1) is 0 Å². The third kappa shape index (κ3) is 5.73. The van der Waals surface area contributed by atoms with Crippen molar-refractivity contribution < 1.29 is 0 Å². The molecule has 0 spiro atoms. The lowest BCUT2D eigenvalue weighted by atomic mass is 10.8. The summed E-state index contributed by atoms with van der Waals surface area (Å²) in [6.07, 6.45) is 1.42. The number of halogens is 2. The van der Waals surface area contributed by atoms with Crippen LogP contribution in [0.25, 0.3) is 0 Å². The third-order valence-electron chi connectivity index (χ3n) is 0.500. The molecular formula is C5H6BrClN2. The van der Waals surface area contributed by atoms with E-state index in [0.717, 1.165) is 4.62 Å². The molecule has 0 aromatic heterocycles. The lowest BCUT2D eigenvalue weighted by molar-refractivity contribution is 1.45. The Morgan fingerprint density at radius 1 is 1.78 bits per heavy atom. The molecule has 0 bridgehead atoms. The van der Waals surface area contributed by atoms with Crippen LogP contribution in [0.15, 0.2) is 21.3 Å². The normalized spacial score (nSPS) is 13.7. The van der Waals surface area contributed by atoms with Crippen molar-refractivity contribution in [3.8, 4) is 0 Å². The third-order valence-corrected chi connectivity index (χ3v) is 0.922. The Hall–Kier alpha value is -0.150. The molecule has 0 fully saturated rings. The first kappa shape index (κ1) is 8.85. The summed E-state index contributed by atoms with van der Waals surface area (Å²) in [5.74, 6) is 0. The Morgan fingerprint density at radius 3 is 2.67 bits per heavy atom. The molecule has 0 heterocycles. The van der Waals surface area contributed by atoms with Crippen LogP contribution in [0, 0.1) is 0 Å².